The summed E-state index contributed by atoms with van der Waals surface area (Å²) >= 11 is 12.0. The minimum atomic E-state index is 0.0747. The van der Waals surface area contributed by atoms with Gasteiger partial charge in [0.15, 0.2) is 0 Å². The molecular weight excluding hydrogens is 377 g/mol. The average molecular weight is 400 g/mol. The number of halogens is 2. The van der Waals surface area contributed by atoms with Crippen LogP contribution in [0.3, 0.4) is 0 Å². The maximum Gasteiger partial charge on any atom is 0.220 e. The summed E-state index contributed by atoms with van der Waals surface area (Å²) in [5.41, 5.74) is 3.56. The Kier molecular flexibility index (Phi) is 6.76. The lowest BCUT2D eigenvalue weighted by atomic mass is 9.91. The van der Waals surface area contributed by atoms with Gasteiger partial charge in [-0.05, 0) is 48.7 Å². The molecule has 4 heteroatoms. The van der Waals surface area contributed by atoms with E-state index in [0.29, 0.717) is 18.0 Å². The summed E-state index contributed by atoms with van der Waals surface area (Å²) < 4.78 is 0. The molecule has 0 aliphatic heterocycles. The number of allylic oxidation sites excluding steroid dienone is 4. The van der Waals surface area contributed by atoms with Crippen LogP contribution in [-0.4, -0.2) is 12.5 Å². The molecule has 2 aromatic rings. The standard InChI is InChI=1S/C23H23Cl2NO/c1-16-2-3-18(12-16)14-23(27)26-15-20(19-6-10-22(25)11-7-19)13-17-4-8-21(24)9-5-17/h2-12,18,20H,13-15H2,1H3,(H,26,27)/t18?,20-/m0/s1. The number of hydrogen-bond acceptors (Lipinski definition) is 1. The molecule has 0 fully saturated rings. The molecule has 0 spiro atoms. The van der Waals surface area contributed by atoms with Crippen molar-refractivity contribution in [2.75, 3.05) is 6.54 Å². The minimum absolute atomic E-state index is 0.0747. The summed E-state index contributed by atoms with van der Waals surface area (Å²) in [6, 6.07) is 15.7. The molecule has 0 saturated carbocycles. The third kappa shape index (κ3) is 5.98. The van der Waals surface area contributed by atoms with Crippen LogP contribution in [0.1, 0.15) is 30.4 Å². The monoisotopic (exact) mass is 399 g/mol. The number of amides is 1. The van der Waals surface area contributed by atoms with Crippen molar-refractivity contribution in [2.45, 2.75) is 25.7 Å². The summed E-state index contributed by atoms with van der Waals surface area (Å²) in [7, 11) is 0. The van der Waals surface area contributed by atoms with Gasteiger partial charge in [-0.25, -0.2) is 0 Å². The Morgan fingerprint density at radius 2 is 1.67 bits per heavy atom. The van der Waals surface area contributed by atoms with Gasteiger partial charge < -0.3 is 5.32 Å². The fourth-order valence-corrected chi connectivity index (χ4v) is 3.57. The highest BCUT2D eigenvalue weighted by atomic mass is 35.5. The zero-order valence-corrected chi connectivity index (χ0v) is 16.8. The normalized spacial score (nSPS) is 16.9. The number of rotatable bonds is 7. The fourth-order valence-electron chi connectivity index (χ4n) is 3.32. The van der Waals surface area contributed by atoms with Gasteiger partial charge >= 0.3 is 0 Å². The Bertz CT molecular complexity index is 838. The van der Waals surface area contributed by atoms with Crippen LogP contribution in [0.2, 0.25) is 10.0 Å². The molecular formula is C23H23Cl2NO. The van der Waals surface area contributed by atoms with Gasteiger partial charge in [0, 0.05) is 34.8 Å². The summed E-state index contributed by atoms with van der Waals surface area (Å²) in [6.45, 7) is 2.64. The topological polar surface area (TPSA) is 29.1 Å². The second-order valence-electron chi connectivity index (χ2n) is 7.02. The molecule has 1 aliphatic carbocycles. The molecule has 3 rings (SSSR count). The highest BCUT2D eigenvalue weighted by molar-refractivity contribution is 6.30. The van der Waals surface area contributed by atoms with E-state index in [1.165, 1.54) is 11.1 Å². The van der Waals surface area contributed by atoms with E-state index in [0.717, 1.165) is 17.0 Å². The minimum Gasteiger partial charge on any atom is -0.355 e. The molecule has 0 saturated heterocycles. The molecule has 140 valence electrons. The van der Waals surface area contributed by atoms with Crippen molar-refractivity contribution in [2.24, 2.45) is 5.92 Å². The first-order valence-corrected chi connectivity index (χ1v) is 9.88. The molecule has 2 nitrogen and oxygen atoms in total. The maximum absolute atomic E-state index is 12.4. The largest absolute Gasteiger partial charge is 0.355 e. The van der Waals surface area contributed by atoms with E-state index in [4.69, 9.17) is 23.2 Å². The summed E-state index contributed by atoms with van der Waals surface area (Å²) in [5, 5.41) is 4.54. The van der Waals surface area contributed by atoms with Gasteiger partial charge in [0.25, 0.3) is 0 Å². The van der Waals surface area contributed by atoms with Crippen LogP contribution >= 0.6 is 23.2 Å². The number of nitrogens with one attached hydrogen (secondary N) is 1. The molecule has 27 heavy (non-hydrogen) atoms. The van der Waals surface area contributed by atoms with E-state index in [-0.39, 0.29) is 17.7 Å². The Morgan fingerprint density at radius 3 is 2.26 bits per heavy atom. The predicted octanol–water partition coefficient (Wildman–Crippen LogP) is 5.96. The third-order valence-corrected chi connectivity index (χ3v) is 5.29. The Balaban J connectivity index is 1.65. The summed E-state index contributed by atoms with van der Waals surface area (Å²) in [6.07, 6.45) is 7.59. The van der Waals surface area contributed by atoms with Gasteiger partial charge in [-0.3, -0.25) is 4.79 Å². The van der Waals surface area contributed by atoms with Crippen molar-refractivity contribution in [3.8, 4) is 0 Å². The van der Waals surface area contributed by atoms with Crippen LogP contribution < -0.4 is 5.32 Å². The second-order valence-corrected chi connectivity index (χ2v) is 7.89. The Hall–Kier alpha value is -2.03. The van der Waals surface area contributed by atoms with Crippen LogP contribution in [0, 0.1) is 5.92 Å². The molecule has 1 unspecified atom stereocenters. The number of hydrogen-bond donors (Lipinski definition) is 1. The zero-order chi connectivity index (χ0) is 19.2. The summed E-state index contributed by atoms with van der Waals surface area (Å²) in [5.74, 6) is 0.449. The molecule has 2 aromatic carbocycles. The maximum atomic E-state index is 12.4. The molecule has 0 bridgehead atoms. The number of carbonyl (C=O) groups is 1. The lowest BCUT2D eigenvalue weighted by Gasteiger charge is -2.19. The zero-order valence-electron chi connectivity index (χ0n) is 15.3. The third-order valence-electron chi connectivity index (χ3n) is 4.79. The smallest absolute Gasteiger partial charge is 0.220 e. The highest BCUT2D eigenvalue weighted by Gasteiger charge is 2.16. The van der Waals surface area contributed by atoms with Crippen molar-refractivity contribution in [1.29, 1.82) is 0 Å². The first-order valence-electron chi connectivity index (χ1n) is 9.13. The fraction of sp³-hybridized carbons (Fsp3) is 0.261. The first-order chi connectivity index (χ1) is 13.0. The van der Waals surface area contributed by atoms with Gasteiger partial charge in [0.05, 0.1) is 0 Å². The van der Waals surface area contributed by atoms with Crippen LogP contribution in [0.5, 0.6) is 0 Å². The van der Waals surface area contributed by atoms with E-state index in [9.17, 15) is 4.79 Å². The van der Waals surface area contributed by atoms with Crippen LogP contribution in [0.4, 0.5) is 0 Å². The van der Waals surface area contributed by atoms with Crippen molar-refractivity contribution < 1.29 is 4.79 Å². The van der Waals surface area contributed by atoms with Gasteiger partial charge in [-0.15, -0.1) is 0 Å². The van der Waals surface area contributed by atoms with Crippen molar-refractivity contribution in [3.63, 3.8) is 0 Å². The SMILES string of the molecule is CC1=CC(CC(=O)NC[C@H](Cc2ccc(Cl)cc2)c2ccc(Cl)cc2)C=C1. The van der Waals surface area contributed by atoms with Gasteiger partial charge in [0.1, 0.15) is 0 Å². The molecule has 1 N–H and O–H groups in total. The molecule has 0 radical (unpaired) electrons. The Labute approximate surface area is 170 Å². The van der Waals surface area contributed by atoms with Gasteiger partial charge in [-0.2, -0.15) is 0 Å². The molecule has 1 amide bonds. The highest BCUT2D eigenvalue weighted by Crippen LogP contribution is 2.24. The van der Waals surface area contributed by atoms with Crippen LogP contribution in [-0.2, 0) is 11.2 Å². The number of carbonyl (C=O) groups excluding carboxylic acids is 1. The lowest BCUT2D eigenvalue weighted by Crippen LogP contribution is -2.30. The van der Waals surface area contributed by atoms with Crippen molar-refractivity contribution in [1.82, 2.24) is 5.32 Å². The van der Waals surface area contributed by atoms with E-state index < -0.39 is 0 Å². The van der Waals surface area contributed by atoms with E-state index in [1.54, 1.807) is 0 Å². The summed E-state index contributed by atoms with van der Waals surface area (Å²) in [4.78, 5) is 12.4. The van der Waals surface area contributed by atoms with Crippen molar-refractivity contribution >= 4 is 29.1 Å². The van der Waals surface area contributed by atoms with E-state index in [2.05, 4.69) is 30.5 Å². The average Bonchev–Trinajstić information content (AvgIpc) is 3.06. The second kappa shape index (κ2) is 9.25. The molecule has 1 aliphatic rings. The number of benzene rings is 2. The molecule has 2 atom stereocenters. The van der Waals surface area contributed by atoms with Crippen molar-refractivity contribution in [3.05, 3.63) is 93.5 Å². The predicted molar refractivity (Wildman–Crippen MR) is 113 cm³/mol. The molecule has 0 aromatic heterocycles. The van der Waals surface area contributed by atoms with Crippen LogP contribution in [0.15, 0.2) is 72.3 Å². The van der Waals surface area contributed by atoms with E-state index in [1.807, 2.05) is 48.5 Å². The first kappa shape index (κ1) is 19.7. The molecule has 0 heterocycles. The Morgan fingerprint density at radius 1 is 1.04 bits per heavy atom. The lowest BCUT2D eigenvalue weighted by molar-refractivity contribution is -0.121. The van der Waals surface area contributed by atoms with Gasteiger partial charge in [0.2, 0.25) is 5.91 Å². The quantitative estimate of drug-likeness (QED) is 0.611. The van der Waals surface area contributed by atoms with Crippen LogP contribution in [0.25, 0.3) is 0 Å². The van der Waals surface area contributed by atoms with Gasteiger partial charge in [-0.1, -0.05) is 71.3 Å². The van der Waals surface area contributed by atoms with E-state index >= 15 is 0 Å².